The van der Waals surface area contributed by atoms with Crippen molar-refractivity contribution in [3.8, 4) is 11.4 Å². The van der Waals surface area contributed by atoms with Crippen molar-refractivity contribution >= 4 is 23.4 Å². The second-order valence-electron chi connectivity index (χ2n) is 7.73. The molecule has 0 fully saturated rings. The van der Waals surface area contributed by atoms with Crippen LogP contribution >= 0.6 is 11.8 Å². The average molecular weight is 459 g/mol. The summed E-state index contributed by atoms with van der Waals surface area (Å²) in [6.07, 6.45) is 0. The lowest BCUT2D eigenvalue weighted by Crippen LogP contribution is -2.16. The van der Waals surface area contributed by atoms with Crippen LogP contribution < -0.4 is 10.1 Å². The number of aromatic nitrogens is 3. The van der Waals surface area contributed by atoms with Gasteiger partial charge in [-0.2, -0.15) is 0 Å². The number of ether oxygens (including phenoxy) is 1. The predicted molar refractivity (Wildman–Crippen MR) is 132 cm³/mol. The Kier molecular flexibility index (Phi) is 7.10. The second kappa shape index (κ2) is 10.4. The van der Waals surface area contributed by atoms with Gasteiger partial charge in [-0.15, -0.1) is 10.2 Å². The van der Waals surface area contributed by atoms with Crippen molar-refractivity contribution in [2.45, 2.75) is 32.5 Å². The molecule has 0 aliphatic heterocycles. The summed E-state index contributed by atoms with van der Waals surface area (Å²) >= 11 is 1.35. The summed E-state index contributed by atoms with van der Waals surface area (Å²) in [4.78, 5) is 12.7. The molecule has 0 aliphatic rings. The van der Waals surface area contributed by atoms with E-state index in [9.17, 15) is 4.79 Å². The van der Waals surface area contributed by atoms with Gasteiger partial charge in [0.25, 0.3) is 0 Å². The van der Waals surface area contributed by atoms with E-state index in [0.717, 1.165) is 33.8 Å². The molecule has 0 spiro atoms. The summed E-state index contributed by atoms with van der Waals surface area (Å²) in [5.74, 6) is 1.61. The zero-order valence-corrected chi connectivity index (χ0v) is 19.7. The van der Waals surface area contributed by atoms with Gasteiger partial charge in [0.05, 0.1) is 5.75 Å². The van der Waals surface area contributed by atoms with Gasteiger partial charge in [0.1, 0.15) is 12.4 Å². The van der Waals surface area contributed by atoms with Gasteiger partial charge in [-0.3, -0.25) is 9.36 Å². The van der Waals surface area contributed by atoms with Crippen LogP contribution in [0.2, 0.25) is 0 Å². The monoisotopic (exact) mass is 458 g/mol. The molecule has 0 aliphatic carbocycles. The normalized spacial score (nSPS) is 10.8. The van der Waals surface area contributed by atoms with Gasteiger partial charge in [-0.1, -0.05) is 66.4 Å². The summed E-state index contributed by atoms with van der Waals surface area (Å²) in [5.41, 5.74) is 4.91. The minimum Gasteiger partial charge on any atom is -0.485 e. The Morgan fingerprint density at radius 1 is 0.879 bits per heavy atom. The lowest BCUT2D eigenvalue weighted by molar-refractivity contribution is -0.113. The van der Waals surface area contributed by atoms with E-state index in [1.54, 1.807) is 0 Å². The van der Waals surface area contributed by atoms with Gasteiger partial charge >= 0.3 is 0 Å². The number of hydrogen-bond donors (Lipinski definition) is 1. The maximum Gasteiger partial charge on any atom is 0.234 e. The van der Waals surface area contributed by atoms with Crippen LogP contribution in [0.3, 0.4) is 0 Å². The van der Waals surface area contributed by atoms with Crippen LogP contribution in [0.1, 0.15) is 22.5 Å². The Balaban J connectivity index is 1.52. The number of nitrogens with zero attached hydrogens (tertiary/aromatic N) is 3. The Morgan fingerprint density at radius 3 is 2.27 bits per heavy atom. The molecule has 4 aromatic rings. The number of para-hydroxylation sites is 3. The number of amides is 1. The number of aryl methyl sites for hydroxylation is 3. The molecule has 1 amide bonds. The molecule has 0 saturated heterocycles. The van der Waals surface area contributed by atoms with Gasteiger partial charge < -0.3 is 10.1 Å². The summed E-state index contributed by atoms with van der Waals surface area (Å²) in [6, 6.07) is 23.7. The predicted octanol–water partition coefficient (Wildman–Crippen LogP) is 5.50. The number of rotatable bonds is 8. The standard InChI is InChI=1S/C26H26N4O2S/c1-18-10-7-8-15-22(18)32-16-23-28-29-26(30(23)21-13-5-4-6-14-21)33-17-24(31)27-25-19(2)11-9-12-20(25)3/h4-15H,16-17H2,1-3H3,(H,27,31). The summed E-state index contributed by atoms with van der Waals surface area (Å²) in [5, 5.41) is 12.4. The van der Waals surface area contributed by atoms with Crippen molar-refractivity contribution in [2.75, 3.05) is 11.1 Å². The Bertz CT molecular complexity index is 1230. The molecule has 7 heteroatoms. The highest BCUT2D eigenvalue weighted by Gasteiger charge is 2.17. The molecule has 0 bridgehead atoms. The first-order valence-corrected chi connectivity index (χ1v) is 11.7. The largest absolute Gasteiger partial charge is 0.485 e. The van der Waals surface area contributed by atoms with Crippen molar-refractivity contribution in [3.05, 3.63) is 95.3 Å². The third kappa shape index (κ3) is 5.43. The van der Waals surface area contributed by atoms with Crippen molar-refractivity contribution < 1.29 is 9.53 Å². The molecule has 1 N–H and O–H groups in total. The molecule has 6 nitrogen and oxygen atoms in total. The molecule has 1 aromatic heterocycles. The molecule has 4 rings (SSSR count). The molecular weight excluding hydrogens is 432 g/mol. The molecule has 0 radical (unpaired) electrons. The minimum atomic E-state index is -0.0854. The summed E-state index contributed by atoms with van der Waals surface area (Å²) in [7, 11) is 0. The fourth-order valence-electron chi connectivity index (χ4n) is 3.50. The molecule has 168 valence electrons. The smallest absolute Gasteiger partial charge is 0.234 e. The highest BCUT2D eigenvalue weighted by molar-refractivity contribution is 7.99. The quantitative estimate of drug-likeness (QED) is 0.353. The number of carbonyl (C=O) groups excluding carboxylic acids is 1. The van der Waals surface area contributed by atoms with Crippen LogP contribution in [0.5, 0.6) is 5.75 Å². The molecule has 3 aromatic carbocycles. The highest BCUT2D eigenvalue weighted by atomic mass is 32.2. The third-order valence-corrected chi connectivity index (χ3v) is 6.17. The number of hydrogen-bond acceptors (Lipinski definition) is 5. The van der Waals surface area contributed by atoms with Gasteiger partial charge in [-0.05, 0) is 55.7 Å². The molecule has 0 saturated carbocycles. The summed E-state index contributed by atoms with van der Waals surface area (Å²) < 4.78 is 7.96. The molecule has 33 heavy (non-hydrogen) atoms. The van der Waals surface area contributed by atoms with Crippen molar-refractivity contribution in [1.82, 2.24) is 14.8 Å². The van der Waals surface area contributed by atoms with Crippen LogP contribution in [-0.4, -0.2) is 26.4 Å². The minimum absolute atomic E-state index is 0.0854. The maximum absolute atomic E-state index is 12.7. The summed E-state index contributed by atoms with van der Waals surface area (Å²) in [6.45, 7) is 6.25. The lowest BCUT2D eigenvalue weighted by atomic mass is 10.1. The maximum atomic E-state index is 12.7. The SMILES string of the molecule is Cc1ccccc1OCc1nnc(SCC(=O)Nc2c(C)cccc2C)n1-c1ccccc1. The second-order valence-corrected chi connectivity index (χ2v) is 8.67. The van der Waals surface area contributed by atoms with Crippen molar-refractivity contribution in [2.24, 2.45) is 0 Å². The Hall–Kier alpha value is -3.58. The fraction of sp³-hybridized carbons (Fsp3) is 0.192. The van der Waals surface area contributed by atoms with Gasteiger partial charge in [0, 0.05) is 11.4 Å². The van der Waals surface area contributed by atoms with Gasteiger partial charge in [0.2, 0.25) is 5.91 Å². The van der Waals surface area contributed by atoms with Crippen LogP contribution in [-0.2, 0) is 11.4 Å². The molecule has 0 atom stereocenters. The van der Waals surface area contributed by atoms with Crippen molar-refractivity contribution in [1.29, 1.82) is 0 Å². The Morgan fingerprint density at radius 2 is 1.55 bits per heavy atom. The average Bonchev–Trinajstić information content (AvgIpc) is 3.23. The van der Waals surface area contributed by atoms with Gasteiger partial charge in [-0.25, -0.2) is 0 Å². The van der Waals surface area contributed by atoms with Crippen LogP contribution in [0, 0.1) is 20.8 Å². The van der Waals surface area contributed by atoms with E-state index in [0.29, 0.717) is 11.0 Å². The number of carbonyl (C=O) groups is 1. The Labute approximate surface area is 198 Å². The van der Waals surface area contributed by atoms with Crippen LogP contribution in [0.25, 0.3) is 5.69 Å². The van der Waals surface area contributed by atoms with E-state index < -0.39 is 0 Å². The molecule has 0 unspecified atom stereocenters. The lowest BCUT2D eigenvalue weighted by Gasteiger charge is -2.13. The number of anilines is 1. The van der Waals surface area contributed by atoms with E-state index in [1.807, 2.05) is 98.1 Å². The van der Waals surface area contributed by atoms with E-state index >= 15 is 0 Å². The van der Waals surface area contributed by atoms with Crippen LogP contribution in [0.4, 0.5) is 5.69 Å². The zero-order chi connectivity index (χ0) is 23.2. The molecular formula is C26H26N4O2S. The number of benzene rings is 3. The third-order valence-electron chi connectivity index (χ3n) is 5.24. The zero-order valence-electron chi connectivity index (χ0n) is 18.9. The number of nitrogens with one attached hydrogen (secondary N) is 1. The van der Waals surface area contributed by atoms with Crippen molar-refractivity contribution in [3.63, 3.8) is 0 Å². The van der Waals surface area contributed by atoms with E-state index in [-0.39, 0.29) is 18.3 Å². The topological polar surface area (TPSA) is 69.0 Å². The fourth-order valence-corrected chi connectivity index (χ4v) is 4.27. The van der Waals surface area contributed by atoms with E-state index in [4.69, 9.17) is 4.74 Å². The first-order valence-electron chi connectivity index (χ1n) is 10.7. The van der Waals surface area contributed by atoms with Crippen LogP contribution in [0.15, 0.2) is 78.0 Å². The van der Waals surface area contributed by atoms with E-state index in [2.05, 4.69) is 15.5 Å². The molecule has 1 heterocycles. The number of thioether (sulfide) groups is 1. The van der Waals surface area contributed by atoms with Gasteiger partial charge in [0.15, 0.2) is 11.0 Å². The first kappa shape index (κ1) is 22.6. The highest BCUT2D eigenvalue weighted by Crippen LogP contribution is 2.25. The first-order chi connectivity index (χ1) is 16.0. The van der Waals surface area contributed by atoms with E-state index in [1.165, 1.54) is 11.8 Å².